The molecule has 0 amide bonds. The Morgan fingerprint density at radius 3 is 1.02 bits per heavy atom. The van der Waals surface area contributed by atoms with Gasteiger partial charge in [0.15, 0.2) is 0 Å². The summed E-state index contributed by atoms with van der Waals surface area (Å²) in [5.74, 6) is 0. The first kappa shape index (κ1) is 26.7. The molecule has 0 fully saturated rings. The Morgan fingerprint density at radius 1 is 0.318 bits per heavy atom. The fourth-order valence-corrected chi connectivity index (χ4v) is 8.46. The normalized spacial score (nSPS) is 11.4. The lowest BCUT2D eigenvalue weighted by Gasteiger charge is -2.10. The Morgan fingerprint density at radius 2 is 0.659 bits per heavy atom. The fraction of sp³-hybridized carbons (Fsp3) is 0. The molecule has 44 heavy (non-hydrogen) atoms. The summed E-state index contributed by atoms with van der Waals surface area (Å²) in [6.07, 6.45) is 0. The predicted octanol–water partition coefficient (Wildman–Crippen LogP) is 12.1. The number of aromatic amines is 2. The summed E-state index contributed by atoms with van der Waals surface area (Å²) in [6, 6.07) is 56.0. The zero-order chi connectivity index (χ0) is 29.3. The number of rotatable bonds is 7. The third-order valence-electron chi connectivity index (χ3n) is 8.08. The summed E-state index contributed by atoms with van der Waals surface area (Å²) in [7, 11) is 3.56. The average molecular weight is 601 g/mol. The second-order valence-electron chi connectivity index (χ2n) is 10.7. The van der Waals surface area contributed by atoms with Gasteiger partial charge in [0.05, 0.1) is 10.1 Å². The topological polar surface area (TPSA) is 31.6 Å². The van der Waals surface area contributed by atoms with Crippen LogP contribution in [0.5, 0.6) is 0 Å². The van der Waals surface area contributed by atoms with E-state index in [1.165, 1.54) is 55.3 Å². The molecule has 2 heterocycles. The van der Waals surface area contributed by atoms with Crippen LogP contribution in [-0.4, -0.2) is 9.97 Å². The van der Waals surface area contributed by atoms with Crippen molar-refractivity contribution >= 4 is 43.4 Å². The minimum atomic E-state index is 1.14. The van der Waals surface area contributed by atoms with E-state index in [2.05, 4.69) is 168 Å². The average Bonchev–Trinajstić information content (AvgIpc) is 3.67. The van der Waals surface area contributed by atoms with Crippen LogP contribution in [0, 0.1) is 0 Å². The molecule has 6 aromatic carbocycles. The molecule has 0 aliphatic carbocycles. The zero-order valence-electron chi connectivity index (χ0n) is 23.8. The number of benzene rings is 6. The first-order valence-electron chi connectivity index (χ1n) is 14.7. The van der Waals surface area contributed by atoms with Crippen molar-refractivity contribution in [3.63, 3.8) is 0 Å². The van der Waals surface area contributed by atoms with Crippen LogP contribution in [0.2, 0.25) is 0 Å². The van der Waals surface area contributed by atoms with Gasteiger partial charge in [-0.05, 0) is 67.1 Å². The molecule has 0 saturated carbocycles. The maximum Gasteiger partial charge on any atom is 0.0924 e. The van der Waals surface area contributed by atoms with E-state index in [0.29, 0.717) is 0 Å². The van der Waals surface area contributed by atoms with Gasteiger partial charge in [0.25, 0.3) is 0 Å². The van der Waals surface area contributed by atoms with Crippen molar-refractivity contribution < 1.29 is 0 Å². The smallest absolute Gasteiger partial charge is 0.0924 e. The second-order valence-corrected chi connectivity index (χ2v) is 12.9. The molecule has 0 radical (unpaired) electrons. The standard InChI is InChI=1S/C40H28N2S2/c1-5-15-27(16-6-1)31-23-13-25-33-37(31)35(29-19-9-3-10-20-29)39(41-33)43-44-40-36(30-21-11-4-12-22-30)38-32(24-14-26-34(38)42-40)28-17-7-2-8-18-28/h1-26,41-42H. The third kappa shape index (κ3) is 4.83. The highest BCUT2D eigenvalue weighted by molar-refractivity contribution is 8.76. The van der Waals surface area contributed by atoms with Gasteiger partial charge in [0.2, 0.25) is 0 Å². The van der Waals surface area contributed by atoms with Crippen LogP contribution in [0.25, 0.3) is 66.3 Å². The zero-order valence-corrected chi connectivity index (χ0v) is 25.5. The Balaban J connectivity index is 1.29. The van der Waals surface area contributed by atoms with E-state index in [1.54, 1.807) is 21.6 Å². The highest BCUT2D eigenvalue weighted by Gasteiger charge is 2.21. The summed E-state index contributed by atoms with van der Waals surface area (Å²) >= 11 is 0. The van der Waals surface area contributed by atoms with Crippen LogP contribution in [0.3, 0.4) is 0 Å². The summed E-state index contributed by atoms with van der Waals surface area (Å²) in [4.78, 5) is 7.60. The van der Waals surface area contributed by atoms with Gasteiger partial charge in [-0.1, -0.05) is 146 Å². The molecule has 2 nitrogen and oxygen atoms in total. The molecule has 0 bridgehead atoms. The highest BCUT2D eigenvalue weighted by atomic mass is 33.1. The van der Waals surface area contributed by atoms with E-state index in [-0.39, 0.29) is 0 Å². The Labute approximate surface area is 264 Å². The van der Waals surface area contributed by atoms with Gasteiger partial charge in [0, 0.05) is 32.9 Å². The van der Waals surface area contributed by atoms with Gasteiger partial charge < -0.3 is 9.97 Å². The van der Waals surface area contributed by atoms with Gasteiger partial charge in [-0.15, -0.1) is 0 Å². The molecule has 4 heteroatoms. The molecule has 0 unspecified atom stereocenters. The van der Waals surface area contributed by atoms with Crippen molar-refractivity contribution in [3.05, 3.63) is 158 Å². The van der Waals surface area contributed by atoms with Crippen molar-refractivity contribution in [3.8, 4) is 44.5 Å². The van der Waals surface area contributed by atoms with E-state index in [0.717, 1.165) is 21.1 Å². The van der Waals surface area contributed by atoms with E-state index in [4.69, 9.17) is 0 Å². The molecule has 0 atom stereocenters. The largest absolute Gasteiger partial charge is 0.348 e. The first-order chi connectivity index (χ1) is 21.8. The van der Waals surface area contributed by atoms with E-state index in [9.17, 15) is 0 Å². The van der Waals surface area contributed by atoms with Crippen LogP contribution < -0.4 is 0 Å². The van der Waals surface area contributed by atoms with Crippen molar-refractivity contribution in [2.75, 3.05) is 0 Å². The minimum absolute atomic E-state index is 1.14. The molecule has 0 aliphatic rings. The monoisotopic (exact) mass is 600 g/mol. The van der Waals surface area contributed by atoms with Crippen molar-refractivity contribution in [1.82, 2.24) is 9.97 Å². The molecule has 8 aromatic rings. The lowest BCUT2D eigenvalue weighted by molar-refractivity contribution is 1.24. The molecule has 2 N–H and O–H groups in total. The van der Waals surface area contributed by atoms with Crippen LogP contribution in [0.4, 0.5) is 0 Å². The van der Waals surface area contributed by atoms with Crippen molar-refractivity contribution in [2.24, 2.45) is 0 Å². The van der Waals surface area contributed by atoms with Crippen molar-refractivity contribution in [1.29, 1.82) is 0 Å². The molecular weight excluding hydrogens is 573 g/mol. The van der Waals surface area contributed by atoms with Crippen LogP contribution in [0.15, 0.2) is 168 Å². The highest BCUT2D eigenvalue weighted by Crippen LogP contribution is 2.51. The quantitative estimate of drug-likeness (QED) is 0.178. The molecule has 210 valence electrons. The van der Waals surface area contributed by atoms with Crippen LogP contribution in [0.1, 0.15) is 0 Å². The summed E-state index contributed by atoms with van der Waals surface area (Å²) in [6.45, 7) is 0. The molecule has 2 aromatic heterocycles. The van der Waals surface area contributed by atoms with Gasteiger partial charge in [-0.2, -0.15) is 0 Å². The predicted molar refractivity (Wildman–Crippen MR) is 190 cm³/mol. The van der Waals surface area contributed by atoms with Crippen LogP contribution >= 0.6 is 21.6 Å². The fourth-order valence-electron chi connectivity index (χ4n) is 6.13. The number of hydrogen-bond donors (Lipinski definition) is 2. The number of aromatic nitrogens is 2. The Kier molecular flexibility index (Phi) is 7.07. The first-order valence-corrected chi connectivity index (χ1v) is 16.9. The SMILES string of the molecule is c1ccc(-c2cccc3[nH]c(SSc4[nH]c5cccc(-c6ccccc6)c5c4-c4ccccc4)c(-c4ccccc4)c23)cc1. The minimum Gasteiger partial charge on any atom is -0.348 e. The van der Waals surface area contributed by atoms with E-state index in [1.807, 2.05) is 0 Å². The van der Waals surface area contributed by atoms with Gasteiger partial charge >= 0.3 is 0 Å². The Bertz CT molecular complexity index is 2040. The maximum atomic E-state index is 3.80. The number of hydrogen-bond acceptors (Lipinski definition) is 2. The molecule has 0 saturated heterocycles. The molecule has 0 spiro atoms. The number of fused-ring (bicyclic) bond motifs is 2. The lowest BCUT2D eigenvalue weighted by atomic mass is 9.96. The summed E-state index contributed by atoms with van der Waals surface area (Å²) in [5.41, 5.74) is 12.1. The van der Waals surface area contributed by atoms with Gasteiger partial charge in [0.1, 0.15) is 0 Å². The number of H-pyrrole nitrogens is 2. The molecular formula is C40H28N2S2. The maximum absolute atomic E-state index is 3.80. The molecule has 0 aliphatic heterocycles. The van der Waals surface area contributed by atoms with Crippen molar-refractivity contribution in [2.45, 2.75) is 10.1 Å². The van der Waals surface area contributed by atoms with E-state index < -0.39 is 0 Å². The van der Waals surface area contributed by atoms with Crippen LogP contribution in [-0.2, 0) is 0 Å². The van der Waals surface area contributed by atoms with E-state index >= 15 is 0 Å². The third-order valence-corrected chi connectivity index (χ3v) is 10.4. The second kappa shape index (κ2) is 11.6. The van der Waals surface area contributed by atoms with Gasteiger partial charge in [-0.3, -0.25) is 0 Å². The summed E-state index contributed by atoms with van der Waals surface area (Å²) < 4.78 is 0. The summed E-state index contributed by atoms with van der Waals surface area (Å²) in [5, 5.41) is 4.78. The Hall–Kier alpha value is -4.90. The van der Waals surface area contributed by atoms with Gasteiger partial charge in [-0.25, -0.2) is 0 Å². The number of nitrogens with one attached hydrogen (secondary N) is 2. The lowest BCUT2D eigenvalue weighted by Crippen LogP contribution is -1.83. The molecule has 8 rings (SSSR count).